The number of hydrogen-bond acceptors (Lipinski definition) is 4. The summed E-state index contributed by atoms with van der Waals surface area (Å²) in [5.41, 5.74) is 0.195. The largest absolute Gasteiger partial charge is 0.374 e. The summed E-state index contributed by atoms with van der Waals surface area (Å²) in [7, 11) is 6.39. The molecule has 0 bridgehead atoms. The molecule has 1 aliphatic heterocycles. The lowest BCUT2D eigenvalue weighted by atomic mass is 10.0. The third kappa shape index (κ3) is 4.37. The SMILES string of the molecule is CN1CCOC(CNCC(C)(C)N(C)C)C1. The van der Waals surface area contributed by atoms with Crippen LogP contribution in [0.5, 0.6) is 0 Å². The van der Waals surface area contributed by atoms with Gasteiger partial charge >= 0.3 is 0 Å². The van der Waals surface area contributed by atoms with Crippen molar-refractivity contribution in [1.82, 2.24) is 15.1 Å². The van der Waals surface area contributed by atoms with Crippen LogP contribution in [0.1, 0.15) is 13.8 Å². The van der Waals surface area contributed by atoms with E-state index in [4.69, 9.17) is 4.74 Å². The summed E-state index contributed by atoms with van der Waals surface area (Å²) in [5, 5.41) is 3.50. The van der Waals surface area contributed by atoms with Crippen molar-refractivity contribution < 1.29 is 4.74 Å². The first kappa shape index (κ1) is 13.9. The number of ether oxygens (including phenoxy) is 1. The number of hydrogen-bond donors (Lipinski definition) is 1. The van der Waals surface area contributed by atoms with Crippen molar-refractivity contribution in [3.05, 3.63) is 0 Å². The number of morpholine rings is 1. The fraction of sp³-hybridized carbons (Fsp3) is 1.00. The molecule has 1 rings (SSSR count). The van der Waals surface area contributed by atoms with Gasteiger partial charge in [-0.2, -0.15) is 0 Å². The van der Waals surface area contributed by atoms with E-state index >= 15 is 0 Å². The van der Waals surface area contributed by atoms with Gasteiger partial charge in [-0.15, -0.1) is 0 Å². The maximum atomic E-state index is 5.71. The van der Waals surface area contributed by atoms with E-state index in [2.05, 4.69) is 50.1 Å². The molecule has 4 nitrogen and oxygen atoms in total. The van der Waals surface area contributed by atoms with Gasteiger partial charge in [0.15, 0.2) is 0 Å². The molecule has 16 heavy (non-hydrogen) atoms. The highest BCUT2D eigenvalue weighted by Crippen LogP contribution is 2.08. The second-order valence-corrected chi connectivity index (χ2v) is 5.59. The van der Waals surface area contributed by atoms with Crippen molar-refractivity contribution in [2.24, 2.45) is 0 Å². The molecule has 0 aromatic rings. The first-order chi connectivity index (χ1) is 7.42. The molecule has 0 amide bonds. The van der Waals surface area contributed by atoms with Gasteiger partial charge in [-0.3, -0.25) is 0 Å². The van der Waals surface area contributed by atoms with Crippen LogP contribution in [0.2, 0.25) is 0 Å². The quantitative estimate of drug-likeness (QED) is 0.731. The molecule has 0 radical (unpaired) electrons. The third-order valence-corrected chi connectivity index (χ3v) is 3.48. The van der Waals surface area contributed by atoms with Gasteiger partial charge in [0.25, 0.3) is 0 Å². The Balaban J connectivity index is 2.20. The van der Waals surface area contributed by atoms with Crippen molar-refractivity contribution in [2.75, 3.05) is 53.9 Å². The molecule has 1 fully saturated rings. The molecule has 0 saturated carbocycles. The predicted octanol–water partition coefficient (Wildman–Crippen LogP) is 0.247. The van der Waals surface area contributed by atoms with E-state index in [0.29, 0.717) is 6.10 Å². The Labute approximate surface area is 99.9 Å². The highest BCUT2D eigenvalue weighted by Gasteiger charge is 2.22. The summed E-state index contributed by atoms with van der Waals surface area (Å²) in [4.78, 5) is 4.57. The molecule has 0 aromatic carbocycles. The Morgan fingerprint density at radius 3 is 2.69 bits per heavy atom. The Bertz CT molecular complexity index is 206. The molecule has 96 valence electrons. The molecule has 1 unspecified atom stereocenters. The monoisotopic (exact) mass is 229 g/mol. The molecule has 0 aromatic heterocycles. The van der Waals surface area contributed by atoms with E-state index in [1.807, 2.05) is 0 Å². The predicted molar refractivity (Wildman–Crippen MR) is 67.9 cm³/mol. The molecule has 0 spiro atoms. The minimum atomic E-state index is 0.195. The summed E-state index contributed by atoms with van der Waals surface area (Å²) in [6.07, 6.45) is 0.344. The van der Waals surface area contributed by atoms with Gasteiger partial charge in [0.05, 0.1) is 12.7 Å². The van der Waals surface area contributed by atoms with Gasteiger partial charge < -0.3 is 19.9 Å². The van der Waals surface area contributed by atoms with Gasteiger partial charge in [-0.1, -0.05) is 0 Å². The second-order valence-electron chi connectivity index (χ2n) is 5.59. The van der Waals surface area contributed by atoms with Crippen molar-refractivity contribution in [1.29, 1.82) is 0 Å². The fourth-order valence-electron chi connectivity index (χ4n) is 1.69. The average Bonchev–Trinajstić information content (AvgIpc) is 2.17. The molecular weight excluding hydrogens is 202 g/mol. The standard InChI is InChI=1S/C12H27N3O/c1-12(2,14(3)4)10-13-8-11-9-15(5)6-7-16-11/h11,13H,6-10H2,1-5H3. The molecule has 1 N–H and O–H groups in total. The zero-order chi connectivity index (χ0) is 12.2. The highest BCUT2D eigenvalue weighted by molar-refractivity contribution is 4.81. The molecule has 0 aliphatic carbocycles. The normalized spacial score (nSPS) is 24.0. The van der Waals surface area contributed by atoms with E-state index in [1.165, 1.54) is 0 Å². The maximum absolute atomic E-state index is 5.71. The summed E-state index contributed by atoms with van der Waals surface area (Å²) in [6, 6.07) is 0. The third-order valence-electron chi connectivity index (χ3n) is 3.48. The summed E-state index contributed by atoms with van der Waals surface area (Å²) >= 11 is 0. The van der Waals surface area contributed by atoms with Crippen molar-refractivity contribution in [2.45, 2.75) is 25.5 Å². The van der Waals surface area contributed by atoms with Crippen LogP contribution >= 0.6 is 0 Å². The molecular formula is C12H27N3O. The van der Waals surface area contributed by atoms with Gasteiger partial charge in [-0.25, -0.2) is 0 Å². The van der Waals surface area contributed by atoms with Crippen molar-refractivity contribution in [3.63, 3.8) is 0 Å². The van der Waals surface area contributed by atoms with Crippen LogP contribution in [0.3, 0.4) is 0 Å². The molecule has 4 heteroatoms. The second kappa shape index (κ2) is 5.96. The number of likely N-dealkylation sites (N-methyl/N-ethyl adjacent to an activating group) is 2. The van der Waals surface area contributed by atoms with Gasteiger partial charge in [0.1, 0.15) is 0 Å². The fourth-order valence-corrected chi connectivity index (χ4v) is 1.69. The molecule has 1 atom stereocenters. The summed E-state index contributed by atoms with van der Waals surface area (Å²) < 4.78 is 5.71. The summed E-state index contributed by atoms with van der Waals surface area (Å²) in [5.74, 6) is 0. The van der Waals surface area contributed by atoms with Crippen LogP contribution in [0.4, 0.5) is 0 Å². The van der Waals surface area contributed by atoms with Crippen molar-refractivity contribution >= 4 is 0 Å². The lowest BCUT2D eigenvalue weighted by Gasteiger charge is -2.35. The minimum absolute atomic E-state index is 0.195. The topological polar surface area (TPSA) is 27.7 Å². The molecule has 1 heterocycles. The van der Waals surface area contributed by atoms with E-state index in [1.54, 1.807) is 0 Å². The number of rotatable bonds is 5. The van der Waals surface area contributed by atoms with E-state index in [9.17, 15) is 0 Å². The van der Waals surface area contributed by atoms with E-state index in [-0.39, 0.29) is 5.54 Å². The average molecular weight is 229 g/mol. The lowest BCUT2D eigenvalue weighted by Crippen LogP contribution is -2.50. The number of nitrogens with zero attached hydrogens (tertiary/aromatic N) is 2. The van der Waals surface area contributed by atoms with Gasteiger partial charge in [0, 0.05) is 31.7 Å². The lowest BCUT2D eigenvalue weighted by molar-refractivity contribution is -0.0191. The van der Waals surface area contributed by atoms with Crippen LogP contribution in [0.25, 0.3) is 0 Å². The van der Waals surface area contributed by atoms with Crippen LogP contribution in [-0.2, 0) is 4.74 Å². The Kier molecular flexibility index (Phi) is 5.18. The Hall–Kier alpha value is -0.160. The first-order valence-corrected chi connectivity index (χ1v) is 6.10. The maximum Gasteiger partial charge on any atom is 0.0826 e. The Morgan fingerprint density at radius 1 is 1.44 bits per heavy atom. The van der Waals surface area contributed by atoms with Crippen LogP contribution in [-0.4, -0.2) is 75.4 Å². The minimum Gasteiger partial charge on any atom is -0.374 e. The Morgan fingerprint density at radius 2 is 2.12 bits per heavy atom. The molecule has 1 saturated heterocycles. The van der Waals surface area contributed by atoms with E-state index in [0.717, 1.165) is 32.8 Å². The van der Waals surface area contributed by atoms with Gasteiger partial charge in [-0.05, 0) is 35.0 Å². The smallest absolute Gasteiger partial charge is 0.0826 e. The van der Waals surface area contributed by atoms with Crippen LogP contribution in [0, 0.1) is 0 Å². The summed E-state index contributed by atoms with van der Waals surface area (Å²) in [6.45, 7) is 9.38. The number of nitrogens with one attached hydrogen (secondary N) is 1. The highest BCUT2D eigenvalue weighted by atomic mass is 16.5. The van der Waals surface area contributed by atoms with Crippen LogP contribution < -0.4 is 5.32 Å². The zero-order valence-electron chi connectivity index (χ0n) is 11.4. The van der Waals surface area contributed by atoms with Crippen molar-refractivity contribution in [3.8, 4) is 0 Å². The molecule has 1 aliphatic rings. The van der Waals surface area contributed by atoms with E-state index < -0.39 is 0 Å². The zero-order valence-corrected chi connectivity index (χ0v) is 11.4. The van der Waals surface area contributed by atoms with Crippen LogP contribution in [0.15, 0.2) is 0 Å². The first-order valence-electron chi connectivity index (χ1n) is 6.10. The van der Waals surface area contributed by atoms with Gasteiger partial charge in [0.2, 0.25) is 0 Å².